The summed E-state index contributed by atoms with van der Waals surface area (Å²) in [6.07, 6.45) is 4.62. The van der Waals surface area contributed by atoms with Crippen LogP contribution in [0.5, 0.6) is 5.75 Å². The van der Waals surface area contributed by atoms with E-state index in [-0.39, 0.29) is 5.56 Å². The lowest BCUT2D eigenvalue weighted by Crippen LogP contribution is -2.16. The zero-order valence-corrected chi connectivity index (χ0v) is 11.6. The van der Waals surface area contributed by atoms with Gasteiger partial charge in [-0.3, -0.25) is 9.89 Å². The first-order valence-corrected chi connectivity index (χ1v) is 6.95. The van der Waals surface area contributed by atoms with Crippen LogP contribution in [0.15, 0.2) is 29.1 Å². The Balaban J connectivity index is 2.00. The molecule has 5 nitrogen and oxygen atoms in total. The fourth-order valence-corrected chi connectivity index (χ4v) is 2.91. The van der Waals surface area contributed by atoms with Crippen molar-refractivity contribution in [3.63, 3.8) is 0 Å². The number of aromatic amines is 1. The van der Waals surface area contributed by atoms with Crippen LogP contribution >= 0.6 is 0 Å². The molecule has 0 spiro atoms. The van der Waals surface area contributed by atoms with Crippen LogP contribution in [0, 0.1) is 0 Å². The number of hydrogen-bond acceptors (Lipinski definition) is 3. The highest BCUT2D eigenvalue weighted by atomic mass is 16.5. The van der Waals surface area contributed by atoms with Crippen molar-refractivity contribution in [3.8, 4) is 11.4 Å². The average molecular weight is 273 g/mol. The number of nitrogen functional groups attached to an aromatic ring is 1. The van der Waals surface area contributed by atoms with Gasteiger partial charge in [-0.2, -0.15) is 0 Å². The minimum atomic E-state index is -0.169. The van der Waals surface area contributed by atoms with Crippen LogP contribution in [-0.4, -0.2) is 16.9 Å². The van der Waals surface area contributed by atoms with E-state index in [1.165, 1.54) is 17.5 Å². The number of aromatic nitrogens is 2. The molecule has 0 bridgehead atoms. The number of hydrogen-bond donors (Lipinski definition) is 2. The standard InChI is InChI=1S/C15H19N3O2/c1-20-12-8-6-11(7-9-12)18-15(19)13(16)14(17-18)10-4-2-3-5-10/h6-10,17H,2-5,16H2,1H3. The molecule has 106 valence electrons. The van der Waals surface area contributed by atoms with Crippen molar-refractivity contribution in [1.82, 2.24) is 9.78 Å². The zero-order valence-electron chi connectivity index (χ0n) is 11.6. The van der Waals surface area contributed by atoms with Gasteiger partial charge in [0.15, 0.2) is 0 Å². The van der Waals surface area contributed by atoms with E-state index in [4.69, 9.17) is 10.5 Å². The lowest BCUT2D eigenvalue weighted by Gasteiger charge is -2.07. The molecule has 0 radical (unpaired) electrons. The lowest BCUT2D eigenvalue weighted by atomic mass is 10.0. The largest absolute Gasteiger partial charge is 0.497 e. The fraction of sp³-hybridized carbons (Fsp3) is 0.400. The summed E-state index contributed by atoms with van der Waals surface area (Å²) in [4.78, 5) is 12.3. The topological polar surface area (TPSA) is 73.0 Å². The molecule has 0 atom stereocenters. The smallest absolute Gasteiger partial charge is 0.294 e. The van der Waals surface area contributed by atoms with E-state index in [9.17, 15) is 4.79 Å². The first-order chi connectivity index (χ1) is 9.70. The third-order valence-corrected chi connectivity index (χ3v) is 4.05. The van der Waals surface area contributed by atoms with Crippen molar-refractivity contribution in [2.45, 2.75) is 31.6 Å². The predicted octanol–water partition coefficient (Wildman–Crippen LogP) is 2.41. The maximum Gasteiger partial charge on any atom is 0.294 e. The van der Waals surface area contributed by atoms with Gasteiger partial charge in [0.2, 0.25) is 0 Å². The van der Waals surface area contributed by atoms with E-state index in [0.717, 1.165) is 30.0 Å². The molecule has 1 aromatic carbocycles. The van der Waals surface area contributed by atoms with E-state index in [1.54, 1.807) is 7.11 Å². The van der Waals surface area contributed by atoms with E-state index in [2.05, 4.69) is 5.10 Å². The Morgan fingerprint density at radius 1 is 1.25 bits per heavy atom. The Bertz CT molecular complexity index is 649. The van der Waals surface area contributed by atoms with Crippen LogP contribution in [0.3, 0.4) is 0 Å². The van der Waals surface area contributed by atoms with E-state index < -0.39 is 0 Å². The van der Waals surface area contributed by atoms with Crippen LogP contribution in [0.25, 0.3) is 5.69 Å². The van der Waals surface area contributed by atoms with Gasteiger partial charge in [0.25, 0.3) is 5.56 Å². The maximum absolute atomic E-state index is 12.3. The predicted molar refractivity (Wildman–Crippen MR) is 78.6 cm³/mol. The number of benzene rings is 1. The number of ether oxygens (including phenoxy) is 1. The normalized spacial score (nSPS) is 15.7. The van der Waals surface area contributed by atoms with Crippen molar-refractivity contribution in [3.05, 3.63) is 40.3 Å². The van der Waals surface area contributed by atoms with Gasteiger partial charge < -0.3 is 10.5 Å². The molecule has 5 heteroatoms. The van der Waals surface area contributed by atoms with Gasteiger partial charge in [-0.1, -0.05) is 12.8 Å². The minimum Gasteiger partial charge on any atom is -0.497 e. The number of nitrogens with two attached hydrogens (primary N) is 1. The first kappa shape index (κ1) is 12.8. The van der Waals surface area contributed by atoms with Gasteiger partial charge in [0, 0.05) is 5.92 Å². The number of nitrogens with zero attached hydrogens (tertiary/aromatic N) is 1. The second-order valence-electron chi connectivity index (χ2n) is 5.26. The highest BCUT2D eigenvalue weighted by Crippen LogP contribution is 2.35. The average Bonchev–Trinajstić information content (AvgIpc) is 3.10. The Hall–Kier alpha value is -2.17. The van der Waals surface area contributed by atoms with E-state index in [1.807, 2.05) is 24.3 Å². The molecular weight excluding hydrogens is 254 g/mol. The highest BCUT2D eigenvalue weighted by molar-refractivity contribution is 5.47. The SMILES string of the molecule is COc1ccc(-n2[nH]c(C3CCCC3)c(N)c2=O)cc1. The van der Waals surface area contributed by atoms with Gasteiger partial charge in [0.05, 0.1) is 18.5 Å². The van der Waals surface area contributed by atoms with Gasteiger partial charge in [-0.05, 0) is 37.1 Å². The fourth-order valence-electron chi connectivity index (χ4n) is 2.91. The van der Waals surface area contributed by atoms with E-state index in [0.29, 0.717) is 11.6 Å². The van der Waals surface area contributed by atoms with Crippen LogP contribution < -0.4 is 16.0 Å². The summed E-state index contributed by atoms with van der Waals surface area (Å²) in [6, 6.07) is 7.34. The summed E-state index contributed by atoms with van der Waals surface area (Å²) in [5.41, 5.74) is 7.83. The number of methoxy groups -OCH3 is 1. The third kappa shape index (κ3) is 2.09. The van der Waals surface area contributed by atoms with Crippen molar-refractivity contribution < 1.29 is 4.74 Å². The minimum absolute atomic E-state index is 0.169. The Morgan fingerprint density at radius 3 is 2.50 bits per heavy atom. The Morgan fingerprint density at radius 2 is 1.90 bits per heavy atom. The van der Waals surface area contributed by atoms with Crippen molar-refractivity contribution in [2.24, 2.45) is 0 Å². The number of H-pyrrole nitrogens is 1. The van der Waals surface area contributed by atoms with Gasteiger partial charge in [-0.15, -0.1) is 0 Å². The molecule has 3 N–H and O–H groups in total. The molecule has 0 saturated heterocycles. The second-order valence-corrected chi connectivity index (χ2v) is 5.26. The maximum atomic E-state index is 12.3. The Labute approximate surface area is 117 Å². The number of anilines is 1. The first-order valence-electron chi connectivity index (χ1n) is 6.95. The molecule has 0 unspecified atom stereocenters. The number of nitrogens with one attached hydrogen (secondary N) is 1. The number of rotatable bonds is 3. The van der Waals surface area contributed by atoms with Crippen molar-refractivity contribution >= 4 is 5.69 Å². The quantitative estimate of drug-likeness (QED) is 0.902. The lowest BCUT2D eigenvalue weighted by molar-refractivity contribution is 0.414. The molecule has 2 aromatic rings. The summed E-state index contributed by atoms with van der Waals surface area (Å²) >= 11 is 0. The molecule has 1 saturated carbocycles. The monoisotopic (exact) mass is 273 g/mol. The van der Waals surface area contributed by atoms with Gasteiger partial charge in [0.1, 0.15) is 11.4 Å². The van der Waals surface area contributed by atoms with Gasteiger partial charge in [-0.25, -0.2) is 4.68 Å². The molecule has 20 heavy (non-hydrogen) atoms. The van der Waals surface area contributed by atoms with E-state index >= 15 is 0 Å². The summed E-state index contributed by atoms with van der Waals surface area (Å²) < 4.78 is 6.64. The van der Waals surface area contributed by atoms with Crippen LogP contribution in [0.1, 0.15) is 37.3 Å². The highest BCUT2D eigenvalue weighted by Gasteiger charge is 2.23. The summed E-state index contributed by atoms with van der Waals surface area (Å²) in [5, 5.41) is 3.18. The molecule has 1 heterocycles. The summed E-state index contributed by atoms with van der Waals surface area (Å²) in [6.45, 7) is 0. The Kier molecular flexibility index (Phi) is 3.26. The van der Waals surface area contributed by atoms with Gasteiger partial charge >= 0.3 is 0 Å². The van der Waals surface area contributed by atoms with Crippen LogP contribution in [0.4, 0.5) is 5.69 Å². The van der Waals surface area contributed by atoms with Crippen LogP contribution in [0.2, 0.25) is 0 Å². The van der Waals surface area contributed by atoms with Crippen LogP contribution in [-0.2, 0) is 0 Å². The van der Waals surface area contributed by atoms with Crippen molar-refractivity contribution in [2.75, 3.05) is 12.8 Å². The molecule has 1 aliphatic rings. The second kappa shape index (κ2) is 5.07. The molecule has 0 amide bonds. The third-order valence-electron chi connectivity index (χ3n) is 4.05. The summed E-state index contributed by atoms with van der Waals surface area (Å²) in [7, 11) is 1.62. The molecule has 0 aliphatic heterocycles. The van der Waals surface area contributed by atoms with Crippen molar-refractivity contribution in [1.29, 1.82) is 0 Å². The molecular formula is C15H19N3O2. The molecule has 1 fully saturated rings. The summed E-state index contributed by atoms with van der Waals surface area (Å²) in [5.74, 6) is 1.15. The molecule has 3 rings (SSSR count). The molecule has 1 aromatic heterocycles. The molecule has 1 aliphatic carbocycles. The zero-order chi connectivity index (χ0) is 14.1.